The van der Waals surface area contributed by atoms with E-state index in [0.717, 1.165) is 10.6 Å². The summed E-state index contributed by atoms with van der Waals surface area (Å²) in [4.78, 5) is 26.7. The highest BCUT2D eigenvalue weighted by atomic mass is 32.2. The predicted octanol–water partition coefficient (Wildman–Crippen LogP) is 3.98. The molecule has 7 nitrogen and oxygen atoms in total. The molecule has 162 valence electrons. The third-order valence-electron chi connectivity index (χ3n) is 4.64. The lowest BCUT2D eigenvalue weighted by atomic mass is 10.1. The number of pyridine rings is 1. The summed E-state index contributed by atoms with van der Waals surface area (Å²) in [7, 11) is 1.53. The van der Waals surface area contributed by atoms with E-state index in [4.69, 9.17) is 10.5 Å². The number of nitrogens with one attached hydrogen (secondary N) is 1. The molecule has 0 bridgehead atoms. The van der Waals surface area contributed by atoms with Crippen molar-refractivity contribution in [1.29, 1.82) is 0 Å². The van der Waals surface area contributed by atoms with Gasteiger partial charge in [0.05, 0.1) is 25.0 Å². The number of aromatic nitrogens is 3. The summed E-state index contributed by atoms with van der Waals surface area (Å²) in [5, 5.41) is 3.39. The van der Waals surface area contributed by atoms with Crippen LogP contribution in [0, 0.1) is 5.82 Å². The number of anilines is 1. The van der Waals surface area contributed by atoms with Gasteiger partial charge in [0.1, 0.15) is 22.8 Å². The highest BCUT2D eigenvalue weighted by Gasteiger charge is 2.16. The number of halogens is 1. The molecule has 0 atom stereocenters. The van der Waals surface area contributed by atoms with Gasteiger partial charge in [0.15, 0.2) is 0 Å². The van der Waals surface area contributed by atoms with Crippen LogP contribution in [0.4, 0.5) is 10.3 Å². The Kier molecular flexibility index (Phi) is 6.46. The number of methoxy groups -OCH3 is 1. The van der Waals surface area contributed by atoms with Crippen molar-refractivity contribution >= 4 is 34.5 Å². The highest BCUT2D eigenvalue weighted by molar-refractivity contribution is 7.98. The van der Waals surface area contributed by atoms with Gasteiger partial charge < -0.3 is 15.8 Å². The number of rotatable bonds is 7. The van der Waals surface area contributed by atoms with Gasteiger partial charge in [-0.15, -0.1) is 11.8 Å². The molecule has 0 saturated carbocycles. The number of para-hydroxylation sites is 1. The molecule has 2 aromatic carbocycles. The van der Waals surface area contributed by atoms with Crippen LogP contribution in [0.25, 0.3) is 10.9 Å². The lowest BCUT2D eigenvalue weighted by Crippen LogP contribution is -2.25. The van der Waals surface area contributed by atoms with Crippen LogP contribution >= 0.6 is 11.8 Å². The molecule has 2 heterocycles. The van der Waals surface area contributed by atoms with Crippen LogP contribution in [0.3, 0.4) is 0 Å². The number of amides is 1. The molecule has 2 aromatic heterocycles. The molecule has 9 heteroatoms. The average Bonchev–Trinajstić information content (AvgIpc) is 2.81. The summed E-state index contributed by atoms with van der Waals surface area (Å²) in [5.74, 6) is 0.483. The summed E-state index contributed by atoms with van der Waals surface area (Å²) in [5.41, 5.74) is 8.02. The summed E-state index contributed by atoms with van der Waals surface area (Å²) in [6.07, 6.45) is 0. The smallest absolute Gasteiger partial charge is 0.271 e. The van der Waals surface area contributed by atoms with E-state index >= 15 is 0 Å². The number of thioether (sulfide) groups is 1. The number of nitrogen functional groups attached to an aromatic ring is 1. The average molecular weight is 450 g/mol. The minimum Gasteiger partial charge on any atom is -0.494 e. The molecule has 0 unspecified atom stereocenters. The number of carbonyl (C=O) groups excluding carboxylic acids is 1. The third kappa shape index (κ3) is 4.94. The minimum absolute atomic E-state index is 0.00918. The summed E-state index contributed by atoms with van der Waals surface area (Å²) in [6.45, 7) is 0.225. The lowest BCUT2D eigenvalue weighted by Gasteiger charge is -2.10. The number of hydrogen-bond acceptors (Lipinski definition) is 7. The van der Waals surface area contributed by atoms with Gasteiger partial charge in [-0.25, -0.2) is 14.4 Å². The quantitative estimate of drug-likeness (QED) is 0.412. The van der Waals surface area contributed by atoms with Crippen molar-refractivity contribution in [1.82, 2.24) is 20.3 Å². The second-order valence-electron chi connectivity index (χ2n) is 6.83. The molecule has 0 aliphatic heterocycles. The van der Waals surface area contributed by atoms with Crippen molar-refractivity contribution in [3.63, 3.8) is 0 Å². The molecule has 4 aromatic rings. The fourth-order valence-corrected chi connectivity index (χ4v) is 3.94. The SMILES string of the molecule is COc1cccc2c(C(=O)NCc3cccc(CSc4ccc(F)cc4)n3)nc(N)nc12. The molecule has 0 spiro atoms. The lowest BCUT2D eigenvalue weighted by molar-refractivity contribution is 0.0947. The van der Waals surface area contributed by atoms with Gasteiger partial charge >= 0.3 is 0 Å². The van der Waals surface area contributed by atoms with Crippen molar-refractivity contribution < 1.29 is 13.9 Å². The minimum atomic E-state index is -0.384. The van der Waals surface area contributed by atoms with E-state index in [1.807, 2.05) is 18.2 Å². The van der Waals surface area contributed by atoms with Crippen LogP contribution in [-0.4, -0.2) is 28.0 Å². The van der Waals surface area contributed by atoms with Crippen molar-refractivity contribution in [3.8, 4) is 5.75 Å². The molecular formula is C23H20FN5O2S. The van der Waals surface area contributed by atoms with Gasteiger partial charge in [-0.3, -0.25) is 9.78 Å². The number of ether oxygens (including phenoxy) is 1. The van der Waals surface area contributed by atoms with E-state index in [0.29, 0.717) is 28.1 Å². The van der Waals surface area contributed by atoms with Gasteiger partial charge in [-0.05, 0) is 42.5 Å². The van der Waals surface area contributed by atoms with Gasteiger partial charge in [-0.1, -0.05) is 18.2 Å². The number of benzene rings is 2. The first-order chi connectivity index (χ1) is 15.5. The van der Waals surface area contributed by atoms with Crippen molar-refractivity contribution in [3.05, 3.63) is 83.6 Å². The Morgan fingerprint density at radius 1 is 1.03 bits per heavy atom. The van der Waals surface area contributed by atoms with Crippen LogP contribution in [-0.2, 0) is 12.3 Å². The topological polar surface area (TPSA) is 103 Å². The van der Waals surface area contributed by atoms with E-state index in [2.05, 4.69) is 20.3 Å². The molecule has 32 heavy (non-hydrogen) atoms. The Morgan fingerprint density at radius 3 is 2.56 bits per heavy atom. The predicted molar refractivity (Wildman–Crippen MR) is 122 cm³/mol. The highest BCUT2D eigenvalue weighted by Crippen LogP contribution is 2.26. The Balaban J connectivity index is 1.45. The van der Waals surface area contributed by atoms with E-state index < -0.39 is 0 Å². The van der Waals surface area contributed by atoms with Crippen LogP contribution in [0.15, 0.2) is 65.6 Å². The standard InChI is InChI=1S/C23H20FN5O2S/c1-31-19-7-3-6-18-20(19)28-23(25)29-21(18)22(30)26-12-15-4-2-5-16(27-15)13-32-17-10-8-14(24)9-11-17/h2-11H,12-13H2,1H3,(H,26,30)(H2,25,28,29). The number of carbonyl (C=O) groups is 1. The Labute approximate surface area is 188 Å². The fourth-order valence-electron chi connectivity index (χ4n) is 3.13. The van der Waals surface area contributed by atoms with Crippen molar-refractivity contribution in [2.75, 3.05) is 12.8 Å². The monoisotopic (exact) mass is 449 g/mol. The molecular weight excluding hydrogens is 429 g/mol. The van der Waals surface area contributed by atoms with Gasteiger partial charge in [0, 0.05) is 16.0 Å². The van der Waals surface area contributed by atoms with Crippen LogP contribution in [0.1, 0.15) is 21.9 Å². The first-order valence-corrected chi connectivity index (χ1v) is 10.7. The molecule has 0 aliphatic rings. The maximum absolute atomic E-state index is 13.0. The summed E-state index contributed by atoms with van der Waals surface area (Å²) >= 11 is 1.56. The second-order valence-corrected chi connectivity index (χ2v) is 7.88. The zero-order valence-corrected chi connectivity index (χ0v) is 18.0. The molecule has 0 saturated heterocycles. The zero-order valence-electron chi connectivity index (χ0n) is 17.2. The van der Waals surface area contributed by atoms with E-state index in [1.165, 1.54) is 19.2 Å². The normalized spacial score (nSPS) is 10.8. The molecule has 4 rings (SSSR count). The van der Waals surface area contributed by atoms with Crippen LogP contribution in [0.5, 0.6) is 5.75 Å². The van der Waals surface area contributed by atoms with Gasteiger partial charge in [0.2, 0.25) is 5.95 Å². The molecule has 1 amide bonds. The largest absolute Gasteiger partial charge is 0.494 e. The molecule has 0 fully saturated rings. The molecule has 3 N–H and O–H groups in total. The fraction of sp³-hybridized carbons (Fsp3) is 0.130. The van der Waals surface area contributed by atoms with Crippen molar-refractivity contribution in [2.45, 2.75) is 17.2 Å². The number of hydrogen-bond donors (Lipinski definition) is 2. The van der Waals surface area contributed by atoms with E-state index in [1.54, 1.807) is 42.1 Å². The van der Waals surface area contributed by atoms with Crippen molar-refractivity contribution in [2.24, 2.45) is 0 Å². The molecule has 0 aliphatic carbocycles. The Morgan fingerprint density at radius 2 is 1.78 bits per heavy atom. The number of fused-ring (bicyclic) bond motifs is 1. The Bertz CT molecular complexity index is 1270. The number of nitrogens with two attached hydrogens (primary N) is 1. The Hall–Kier alpha value is -3.72. The van der Waals surface area contributed by atoms with Crippen LogP contribution in [0.2, 0.25) is 0 Å². The van der Waals surface area contributed by atoms with Gasteiger partial charge in [-0.2, -0.15) is 0 Å². The van der Waals surface area contributed by atoms with E-state index in [-0.39, 0.29) is 29.9 Å². The molecule has 0 radical (unpaired) electrons. The first-order valence-electron chi connectivity index (χ1n) is 9.75. The zero-order chi connectivity index (χ0) is 22.5. The summed E-state index contributed by atoms with van der Waals surface area (Å²) in [6, 6.07) is 17.2. The maximum Gasteiger partial charge on any atom is 0.271 e. The van der Waals surface area contributed by atoms with Gasteiger partial charge in [0.25, 0.3) is 5.91 Å². The van der Waals surface area contributed by atoms with Crippen LogP contribution < -0.4 is 15.8 Å². The van der Waals surface area contributed by atoms with E-state index in [9.17, 15) is 9.18 Å². The summed E-state index contributed by atoms with van der Waals surface area (Å²) < 4.78 is 18.4. The third-order valence-corrected chi connectivity index (χ3v) is 5.68. The first kappa shape index (κ1) is 21.5. The number of nitrogens with zero attached hydrogens (tertiary/aromatic N) is 3. The maximum atomic E-state index is 13.0. The second kappa shape index (κ2) is 9.61.